The molecule has 122 valence electrons. The van der Waals surface area contributed by atoms with Gasteiger partial charge in [-0.05, 0) is 24.5 Å². The normalized spacial score (nSPS) is 17.8. The highest BCUT2D eigenvalue weighted by molar-refractivity contribution is 6.30. The lowest BCUT2D eigenvalue weighted by Gasteiger charge is -2.35. The zero-order valence-electron chi connectivity index (χ0n) is 13.5. The molecule has 0 unspecified atom stereocenters. The molecule has 0 spiro atoms. The van der Waals surface area contributed by atoms with Crippen LogP contribution in [0, 0.1) is 6.92 Å². The minimum absolute atomic E-state index is 0.211. The average molecular weight is 334 g/mol. The van der Waals surface area contributed by atoms with Crippen molar-refractivity contribution in [3.63, 3.8) is 0 Å². The molecule has 1 atom stereocenters. The lowest BCUT2D eigenvalue weighted by Crippen LogP contribution is -2.45. The van der Waals surface area contributed by atoms with Gasteiger partial charge in [0.15, 0.2) is 0 Å². The Morgan fingerprint density at radius 1 is 1.39 bits per heavy atom. The Morgan fingerprint density at radius 3 is 2.70 bits per heavy atom. The predicted molar refractivity (Wildman–Crippen MR) is 88.2 cm³/mol. The molecular weight excluding hydrogens is 314 g/mol. The Morgan fingerprint density at radius 2 is 2.09 bits per heavy atom. The van der Waals surface area contributed by atoms with E-state index in [0.717, 1.165) is 11.3 Å². The van der Waals surface area contributed by atoms with Crippen molar-refractivity contribution in [3.05, 3.63) is 51.8 Å². The highest BCUT2D eigenvalue weighted by Crippen LogP contribution is 2.28. The average Bonchev–Trinajstić information content (AvgIpc) is 2.79. The third kappa shape index (κ3) is 2.99. The number of esters is 1. The SMILES string of the molecule is COC(=O)[C@H]1Cc2ccccc2CN1Cc1c(C)nn(C)c1Cl. The van der Waals surface area contributed by atoms with E-state index in [1.54, 1.807) is 4.68 Å². The number of methoxy groups -OCH3 is 1. The van der Waals surface area contributed by atoms with E-state index in [2.05, 4.69) is 22.1 Å². The molecule has 1 aromatic heterocycles. The van der Waals surface area contributed by atoms with Gasteiger partial charge in [0.25, 0.3) is 0 Å². The molecule has 5 nitrogen and oxygen atoms in total. The van der Waals surface area contributed by atoms with Crippen molar-refractivity contribution in [3.8, 4) is 0 Å². The van der Waals surface area contributed by atoms with Gasteiger partial charge in [0, 0.05) is 25.7 Å². The molecule has 0 bridgehead atoms. The maximum atomic E-state index is 12.2. The number of nitrogens with zero attached hydrogens (tertiary/aromatic N) is 3. The minimum atomic E-state index is -0.300. The Hall–Kier alpha value is -1.85. The van der Waals surface area contributed by atoms with E-state index < -0.39 is 0 Å². The highest BCUT2D eigenvalue weighted by Gasteiger charge is 2.33. The van der Waals surface area contributed by atoms with E-state index in [1.165, 1.54) is 18.2 Å². The van der Waals surface area contributed by atoms with Gasteiger partial charge in [-0.25, -0.2) is 0 Å². The first-order valence-corrected chi connectivity index (χ1v) is 7.95. The molecule has 23 heavy (non-hydrogen) atoms. The van der Waals surface area contributed by atoms with Crippen molar-refractivity contribution in [2.45, 2.75) is 32.5 Å². The van der Waals surface area contributed by atoms with Crippen LogP contribution in [-0.4, -0.2) is 33.8 Å². The molecule has 2 aromatic rings. The molecule has 0 saturated carbocycles. The number of benzene rings is 1. The summed E-state index contributed by atoms with van der Waals surface area (Å²) in [5.74, 6) is -0.211. The number of hydrogen-bond acceptors (Lipinski definition) is 4. The van der Waals surface area contributed by atoms with Crippen molar-refractivity contribution in [1.82, 2.24) is 14.7 Å². The fourth-order valence-electron chi connectivity index (χ4n) is 3.17. The Balaban J connectivity index is 1.93. The Bertz CT molecular complexity index is 741. The lowest BCUT2D eigenvalue weighted by molar-refractivity contribution is -0.148. The summed E-state index contributed by atoms with van der Waals surface area (Å²) in [4.78, 5) is 14.3. The van der Waals surface area contributed by atoms with E-state index in [1.807, 2.05) is 26.1 Å². The van der Waals surface area contributed by atoms with E-state index in [4.69, 9.17) is 16.3 Å². The first-order chi connectivity index (χ1) is 11.0. The van der Waals surface area contributed by atoms with Crippen LogP contribution >= 0.6 is 11.6 Å². The number of hydrogen-bond donors (Lipinski definition) is 0. The predicted octanol–water partition coefficient (Wildman–Crippen LogP) is 2.48. The van der Waals surface area contributed by atoms with E-state index in [-0.39, 0.29) is 12.0 Å². The lowest BCUT2D eigenvalue weighted by atomic mass is 9.93. The van der Waals surface area contributed by atoms with E-state index >= 15 is 0 Å². The molecule has 1 aliphatic heterocycles. The number of ether oxygens (including phenoxy) is 1. The van der Waals surface area contributed by atoms with Gasteiger partial charge in [-0.15, -0.1) is 0 Å². The number of aromatic nitrogens is 2. The number of halogens is 1. The van der Waals surface area contributed by atoms with Gasteiger partial charge < -0.3 is 4.74 Å². The van der Waals surface area contributed by atoms with Crippen LogP contribution in [0.1, 0.15) is 22.4 Å². The molecule has 1 aromatic carbocycles. The van der Waals surface area contributed by atoms with Crippen LogP contribution in [0.5, 0.6) is 0 Å². The summed E-state index contributed by atoms with van der Waals surface area (Å²) in [6.45, 7) is 3.21. The fourth-order valence-corrected chi connectivity index (χ4v) is 3.40. The standard InChI is InChI=1S/C17H20ClN3O2/c1-11-14(16(18)20(2)19-11)10-21-9-13-7-5-4-6-12(13)8-15(21)17(22)23-3/h4-7,15H,8-10H2,1-3H3/t15-/m1/s1. The molecule has 0 aliphatic carbocycles. The second-order valence-electron chi connectivity index (χ2n) is 5.90. The van der Waals surface area contributed by atoms with Gasteiger partial charge in [0.1, 0.15) is 11.2 Å². The third-order valence-corrected chi connectivity index (χ3v) is 4.92. The molecule has 0 amide bonds. The quantitative estimate of drug-likeness (QED) is 0.810. The summed E-state index contributed by atoms with van der Waals surface area (Å²) in [6.07, 6.45) is 0.653. The minimum Gasteiger partial charge on any atom is -0.468 e. The monoisotopic (exact) mass is 333 g/mol. The smallest absolute Gasteiger partial charge is 0.323 e. The van der Waals surface area contributed by atoms with E-state index in [0.29, 0.717) is 24.7 Å². The van der Waals surface area contributed by atoms with Gasteiger partial charge in [0.2, 0.25) is 0 Å². The Kier molecular flexibility index (Phi) is 4.41. The zero-order chi connectivity index (χ0) is 16.6. The molecule has 0 fully saturated rings. The maximum absolute atomic E-state index is 12.2. The van der Waals surface area contributed by atoms with Crippen LogP contribution in [0.15, 0.2) is 24.3 Å². The van der Waals surface area contributed by atoms with Gasteiger partial charge in [-0.1, -0.05) is 35.9 Å². The molecule has 6 heteroatoms. The molecule has 0 saturated heterocycles. The molecular formula is C17H20ClN3O2. The third-order valence-electron chi connectivity index (χ3n) is 4.45. The largest absolute Gasteiger partial charge is 0.468 e. The Labute approximate surface area is 140 Å². The summed E-state index contributed by atoms with van der Waals surface area (Å²) in [5, 5.41) is 4.97. The second kappa shape index (κ2) is 6.34. The van der Waals surface area contributed by atoms with Crippen molar-refractivity contribution in [2.75, 3.05) is 7.11 Å². The summed E-state index contributed by atoms with van der Waals surface area (Å²) in [5.41, 5.74) is 4.29. The summed E-state index contributed by atoms with van der Waals surface area (Å²) < 4.78 is 6.67. The number of fused-ring (bicyclic) bond motifs is 1. The van der Waals surface area contributed by atoms with Crippen LogP contribution in [0.2, 0.25) is 5.15 Å². The maximum Gasteiger partial charge on any atom is 0.323 e. The number of rotatable bonds is 3. The van der Waals surface area contributed by atoms with Crippen LogP contribution in [0.4, 0.5) is 0 Å². The number of aryl methyl sites for hydroxylation is 2. The summed E-state index contributed by atoms with van der Waals surface area (Å²) >= 11 is 6.35. The fraction of sp³-hybridized carbons (Fsp3) is 0.412. The van der Waals surface area contributed by atoms with Gasteiger partial charge in [-0.3, -0.25) is 14.4 Å². The first kappa shape index (κ1) is 16.0. The highest BCUT2D eigenvalue weighted by atomic mass is 35.5. The van der Waals surface area contributed by atoms with Crippen LogP contribution in [0.3, 0.4) is 0 Å². The molecule has 3 rings (SSSR count). The van der Waals surface area contributed by atoms with E-state index in [9.17, 15) is 4.79 Å². The zero-order valence-corrected chi connectivity index (χ0v) is 14.3. The van der Waals surface area contributed by atoms with Gasteiger partial charge in [0.05, 0.1) is 12.8 Å². The van der Waals surface area contributed by atoms with Crippen molar-refractivity contribution in [2.24, 2.45) is 7.05 Å². The topological polar surface area (TPSA) is 47.4 Å². The van der Waals surface area contributed by atoms with Gasteiger partial charge in [-0.2, -0.15) is 5.10 Å². The van der Waals surface area contributed by atoms with Crippen molar-refractivity contribution < 1.29 is 9.53 Å². The second-order valence-corrected chi connectivity index (χ2v) is 6.25. The summed E-state index contributed by atoms with van der Waals surface area (Å²) in [6, 6.07) is 7.91. The number of carbonyl (C=O) groups is 1. The molecule has 2 heterocycles. The molecule has 1 aliphatic rings. The molecule has 0 N–H and O–H groups in total. The van der Waals surface area contributed by atoms with Crippen molar-refractivity contribution in [1.29, 1.82) is 0 Å². The van der Waals surface area contributed by atoms with Crippen LogP contribution in [-0.2, 0) is 36.1 Å². The van der Waals surface area contributed by atoms with Crippen molar-refractivity contribution >= 4 is 17.6 Å². The molecule has 0 radical (unpaired) electrons. The summed E-state index contributed by atoms with van der Waals surface area (Å²) in [7, 11) is 3.26. The first-order valence-electron chi connectivity index (χ1n) is 7.58. The van der Waals surface area contributed by atoms with Crippen LogP contribution in [0.25, 0.3) is 0 Å². The van der Waals surface area contributed by atoms with Crippen LogP contribution < -0.4 is 0 Å². The number of carbonyl (C=O) groups excluding carboxylic acids is 1. The van der Waals surface area contributed by atoms with Gasteiger partial charge >= 0.3 is 5.97 Å².